The van der Waals surface area contributed by atoms with E-state index in [0.717, 1.165) is 11.3 Å². The van der Waals surface area contributed by atoms with E-state index in [4.69, 9.17) is 5.73 Å². The second kappa shape index (κ2) is 3.81. The Labute approximate surface area is 94.1 Å². The number of hydrogen-bond acceptors (Lipinski definition) is 3. The molecule has 2 rings (SSSR count). The van der Waals surface area contributed by atoms with Gasteiger partial charge in [-0.3, -0.25) is 4.79 Å². The number of anilines is 1. The molecule has 4 nitrogen and oxygen atoms in total. The van der Waals surface area contributed by atoms with Gasteiger partial charge in [0.25, 0.3) is 5.91 Å². The minimum Gasteiger partial charge on any atom is -0.382 e. The minimum absolute atomic E-state index is 0.163. The van der Waals surface area contributed by atoms with Crippen molar-refractivity contribution in [2.45, 2.75) is 13.8 Å². The molecule has 4 heteroatoms. The van der Waals surface area contributed by atoms with E-state index in [2.05, 4.69) is 5.10 Å². The molecule has 0 saturated heterocycles. The van der Waals surface area contributed by atoms with E-state index in [9.17, 15) is 4.79 Å². The normalized spacial score (nSPS) is 15.4. The Bertz CT molecular complexity index is 484. The van der Waals surface area contributed by atoms with Crippen molar-refractivity contribution in [3.8, 4) is 0 Å². The number of rotatable bonds is 1. The number of nitrogens with two attached hydrogens (primary N) is 1. The number of allylic oxidation sites excluding steroid dienone is 1. The number of amides is 1. The Morgan fingerprint density at radius 2 is 1.88 bits per heavy atom. The lowest BCUT2D eigenvalue weighted by Gasteiger charge is -2.10. The number of hydrogen-bond donors (Lipinski definition) is 1. The van der Waals surface area contributed by atoms with E-state index < -0.39 is 0 Å². The summed E-state index contributed by atoms with van der Waals surface area (Å²) in [5.41, 5.74) is 7.84. The van der Waals surface area contributed by atoms with Gasteiger partial charge in [-0.05, 0) is 26.0 Å². The van der Waals surface area contributed by atoms with Crippen molar-refractivity contribution in [2.24, 2.45) is 10.8 Å². The van der Waals surface area contributed by atoms with Crippen molar-refractivity contribution in [1.29, 1.82) is 0 Å². The predicted molar refractivity (Wildman–Crippen MR) is 63.9 cm³/mol. The van der Waals surface area contributed by atoms with Crippen molar-refractivity contribution < 1.29 is 4.79 Å². The molecule has 16 heavy (non-hydrogen) atoms. The first-order chi connectivity index (χ1) is 7.61. The molecule has 1 amide bonds. The third kappa shape index (κ3) is 1.58. The fraction of sp³-hybridized carbons (Fsp3) is 0.167. The van der Waals surface area contributed by atoms with E-state index in [1.807, 2.05) is 44.2 Å². The Morgan fingerprint density at radius 3 is 2.38 bits per heavy atom. The molecule has 0 atom stereocenters. The molecule has 1 aromatic carbocycles. The minimum atomic E-state index is -0.163. The third-order valence-corrected chi connectivity index (χ3v) is 2.37. The molecule has 0 spiro atoms. The first kappa shape index (κ1) is 10.4. The van der Waals surface area contributed by atoms with Crippen LogP contribution in [0.25, 0.3) is 0 Å². The van der Waals surface area contributed by atoms with Crippen LogP contribution in [0, 0.1) is 0 Å². The van der Waals surface area contributed by atoms with Gasteiger partial charge in [-0.1, -0.05) is 23.8 Å². The number of amidine groups is 1. The summed E-state index contributed by atoms with van der Waals surface area (Å²) in [4.78, 5) is 12.0. The smallest absolute Gasteiger partial charge is 0.282 e. The van der Waals surface area contributed by atoms with Gasteiger partial charge in [-0.2, -0.15) is 5.01 Å². The highest BCUT2D eigenvalue weighted by atomic mass is 16.2. The summed E-state index contributed by atoms with van der Waals surface area (Å²) in [6.45, 7) is 3.70. The van der Waals surface area contributed by atoms with Crippen LogP contribution in [0.3, 0.4) is 0 Å². The molecule has 2 N–H and O–H groups in total. The highest BCUT2D eigenvalue weighted by Crippen LogP contribution is 2.23. The number of carbonyl (C=O) groups is 1. The van der Waals surface area contributed by atoms with Crippen molar-refractivity contribution in [2.75, 3.05) is 5.01 Å². The molecular weight excluding hydrogens is 202 g/mol. The number of benzene rings is 1. The van der Waals surface area contributed by atoms with Crippen molar-refractivity contribution >= 4 is 17.4 Å². The molecule has 82 valence electrons. The monoisotopic (exact) mass is 215 g/mol. The Balaban J connectivity index is 2.43. The maximum atomic E-state index is 12.0. The lowest BCUT2D eigenvalue weighted by molar-refractivity contribution is -0.114. The lowest BCUT2D eigenvalue weighted by Crippen LogP contribution is -2.22. The summed E-state index contributed by atoms with van der Waals surface area (Å²) in [7, 11) is 0. The van der Waals surface area contributed by atoms with Crippen LogP contribution in [0.5, 0.6) is 0 Å². The second-order valence-electron chi connectivity index (χ2n) is 3.81. The van der Waals surface area contributed by atoms with E-state index in [-0.39, 0.29) is 11.7 Å². The zero-order chi connectivity index (χ0) is 11.7. The van der Waals surface area contributed by atoms with E-state index in [0.29, 0.717) is 5.57 Å². The highest BCUT2D eigenvalue weighted by molar-refractivity contribution is 6.29. The fourth-order valence-corrected chi connectivity index (χ4v) is 1.63. The number of carbonyl (C=O) groups excluding carboxylic acids is 1. The predicted octanol–water partition coefficient (Wildman–Crippen LogP) is 1.64. The standard InChI is InChI=1S/C12H13N3O/c1-8(2)10-11(13)14-15(12(10)16)9-6-4-3-5-7-9/h3-7H,1-2H3,(H2,13,14). The molecular formula is C12H13N3O. The average molecular weight is 215 g/mol. The molecule has 1 aliphatic heterocycles. The number of para-hydroxylation sites is 1. The highest BCUT2D eigenvalue weighted by Gasteiger charge is 2.30. The van der Waals surface area contributed by atoms with Gasteiger partial charge in [0.2, 0.25) is 0 Å². The van der Waals surface area contributed by atoms with Crippen LogP contribution in [0.4, 0.5) is 5.69 Å². The average Bonchev–Trinajstić information content (AvgIpc) is 2.55. The van der Waals surface area contributed by atoms with Gasteiger partial charge in [-0.15, -0.1) is 5.10 Å². The Kier molecular flexibility index (Phi) is 2.48. The van der Waals surface area contributed by atoms with E-state index in [1.54, 1.807) is 0 Å². The van der Waals surface area contributed by atoms with Gasteiger partial charge < -0.3 is 5.73 Å². The van der Waals surface area contributed by atoms with Gasteiger partial charge >= 0.3 is 0 Å². The SMILES string of the molecule is CC(C)=C1C(=O)N(c2ccccc2)N=C1N. The number of hydrazone groups is 1. The largest absolute Gasteiger partial charge is 0.382 e. The first-order valence-corrected chi connectivity index (χ1v) is 5.02. The molecule has 0 bridgehead atoms. The Morgan fingerprint density at radius 1 is 1.25 bits per heavy atom. The topological polar surface area (TPSA) is 58.7 Å². The fourth-order valence-electron chi connectivity index (χ4n) is 1.63. The van der Waals surface area contributed by atoms with Crippen LogP contribution >= 0.6 is 0 Å². The lowest BCUT2D eigenvalue weighted by atomic mass is 10.1. The van der Waals surface area contributed by atoms with Gasteiger partial charge in [0.1, 0.15) is 0 Å². The van der Waals surface area contributed by atoms with Crippen LogP contribution in [0.1, 0.15) is 13.8 Å². The summed E-state index contributed by atoms with van der Waals surface area (Å²) in [6, 6.07) is 9.24. The van der Waals surface area contributed by atoms with Gasteiger partial charge in [0, 0.05) is 0 Å². The van der Waals surface area contributed by atoms with Crippen molar-refractivity contribution in [3.05, 3.63) is 41.5 Å². The summed E-state index contributed by atoms with van der Waals surface area (Å²) in [6.07, 6.45) is 0. The van der Waals surface area contributed by atoms with Crippen LogP contribution in [0.15, 0.2) is 46.6 Å². The van der Waals surface area contributed by atoms with Gasteiger partial charge in [0.15, 0.2) is 5.84 Å². The van der Waals surface area contributed by atoms with Gasteiger partial charge in [0.05, 0.1) is 11.3 Å². The molecule has 1 heterocycles. The third-order valence-electron chi connectivity index (χ3n) is 2.37. The summed E-state index contributed by atoms with van der Waals surface area (Å²) in [5, 5.41) is 5.39. The second-order valence-corrected chi connectivity index (χ2v) is 3.81. The first-order valence-electron chi connectivity index (χ1n) is 5.02. The molecule has 1 aromatic rings. The molecule has 0 saturated carbocycles. The summed E-state index contributed by atoms with van der Waals surface area (Å²) in [5.74, 6) is 0.123. The van der Waals surface area contributed by atoms with Gasteiger partial charge in [-0.25, -0.2) is 0 Å². The molecule has 0 unspecified atom stereocenters. The quantitative estimate of drug-likeness (QED) is 0.724. The van der Waals surface area contributed by atoms with Crippen LogP contribution in [-0.2, 0) is 4.79 Å². The maximum Gasteiger partial charge on any atom is 0.282 e. The molecule has 0 aliphatic carbocycles. The number of nitrogens with zero attached hydrogens (tertiary/aromatic N) is 2. The van der Waals surface area contributed by atoms with Crippen LogP contribution in [0.2, 0.25) is 0 Å². The van der Waals surface area contributed by atoms with Crippen molar-refractivity contribution in [1.82, 2.24) is 0 Å². The van der Waals surface area contributed by atoms with Crippen LogP contribution < -0.4 is 10.7 Å². The van der Waals surface area contributed by atoms with Crippen LogP contribution in [-0.4, -0.2) is 11.7 Å². The molecule has 1 aliphatic rings. The molecule has 0 radical (unpaired) electrons. The molecule has 0 aromatic heterocycles. The zero-order valence-corrected chi connectivity index (χ0v) is 9.27. The summed E-state index contributed by atoms with van der Waals surface area (Å²) < 4.78 is 0. The van der Waals surface area contributed by atoms with E-state index >= 15 is 0 Å². The van der Waals surface area contributed by atoms with Crippen molar-refractivity contribution in [3.63, 3.8) is 0 Å². The molecule has 0 fully saturated rings. The zero-order valence-electron chi connectivity index (χ0n) is 9.27. The maximum absolute atomic E-state index is 12.0. The summed E-state index contributed by atoms with van der Waals surface area (Å²) >= 11 is 0. The Hall–Kier alpha value is -2.10. The van der Waals surface area contributed by atoms with E-state index in [1.165, 1.54) is 5.01 Å².